The molecule has 2 rings (SSSR count). The fraction of sp³-hybridized carbons (Fsp3) is 0.455. The van der Waals surface area contributed by atoms with Gasteiger partial charge in [-0.25, -0.2) is 4.79 Å². The number of halogens is 1. The lowest BCUT2D eigenvalue weighted by Crippen LogP contribution is -2.33. The lowest BCUT2D eigenvalue weighted by Gasteiger charge is -2.14. The quantitative estimate of drug-likeness (QED) is 0.695. The van der Waals surface area contributed by atoms with E-state index in [-0.39, 0.29) is 18.6 Å². The van der Waals surface area contributed by atoms with Crippen molar-refractivity contribution >= 4 is 22.0 Å². The Hall–Kier alpha value is -1.22. The molecule has 0 spiro atoms. The maximum atomic E-state index is 11.7. The van der Waals surface area contributed by atoms with Crippen molar-refractivity contribution in [2.45, 2.75) is 24.9 Å². The van der Waals surface area contributed by atoms with Crippen LogP contribution in [0.4, 0.5) is 0 Å². The first-order valence-corrected chi connectivity index (χ1v) is 6.55. The molecule has 1 aromatic heterocycles. The van der Waals surface area contributed by atoms with Gasteiger partial charge in [-0.1, -0.05) is 15.9 Å². The minimum atomic E-state index is -0.844. The second kappa shape index (κ2) is 5.83. The first-order valence-electron chi connectivity index (χ1n) is 5.63. The van der Waals surface area contributed by atoms with Crippen LogP contribution in [0.15, 0.2) is 20.8 Å². The molecule has 7 nitrogen and oxygen atoms in total. The third-order valence-corrected chi connectivity index (χ3v) is 3.20. The van der Waals surface area contributed by atoms with E-state index in [2.05, 4.69) is 20.9 Å². The maximum absolute atomic E-state index is 11.7. The summed E-state index contributed by atoms with van der Waals surface area (Å²) in [4.78, 5) is 26.9. The average Bonchev–Trinajstić information content (AvgIpc) is 2.74. The van der Waals surface area contributed by atoms with Crippen LogP contribution in [0.2, 0.25) is 0 Å². The second-order valence-electron chi connectivity index (χ2n) is 4.16. The van der Waals surface area contributed by atoms with Gasteiger partial charge in [-0.05, 0) is 11.1 Å². The van der Waals surface area contributed by atoms with E-state index in [9.17, 15) is 14.7 Å². The number of aromatic nitrogens is 2. The molecule has 0 unspecified atom stereocenters. The molecule has 1 aliphatic rings. The van der Waals surface area contributed by atoms with Crippen LogP contribution in [0.3, 0.4) is 0 Å². The lowest BCUT2D eigenvalue weighted by atomic mass is 10.2. The summed E-state index contributed by atoms with van der Waals surface area (Å²) in [7, 11) is 0. The number of rotatable bonds is 3. The molecule has 3 N–H and O–H groups in total. The summed E-state index contributed by atoms with van der Waals surface area (Å²) >= 11 is 3.05. The molecule has 1 saturated heterocycles. The summed E-state index contributed by atoms with van der Waals surface area (Å²) in [5, 5.41) is 18.7. The predicted molar refractivity (Wildman–Crippen MR) is 70.9 cm³/mol. The van der Waals surface area contributed by atoms with Crippen molar-refractivity contribution in [3.8, 4) is 0 Å². The van der Waals surface area contributed by atoms with Crippen molar-refractivity contribution in [3.05, 3.63) is 37.6 Å². The molecule has 0 amide bonds. The average molecular weight is 333 g/mol. The Morgan fingerprint density at radius 1 is 1.58 bits per heavy atom. The Kier molecular flexibility index (Phi) is 4.35. The molecule has 3 atom stereocenters. The third kappa shape index (κ3) is 2.86. The van der Waals surface area contributed by atoms with E-state index in [0.717, 1.165) is 0 Å². The van der Waals surface area contributed by atoms with Crippen LogP contribution in [0, 0.1) is 0 Å². The van der Waals surface area contributed by atoms with Crippen LogP contribution in [-0.2, 0) is 4.74 Å². The van der Waals surface area contributed by atoms with E-state index in [1.165, 1.54) is 21.8 Å². The summed E-state index contributed by atoms with van der Waals surface area (Å²) in [6.45, 7) is -0.329. The van der Waals surface area contributed by atoms with E-state index < -0.39 is 29.7 Å². The van der Waals surface area contributed by atoms with Gasteiger partial charge in [0, 0.05) is 12.6 Å². The standard InChI is InChI=1S/C11H13BrN2O5/c12-2-1-6-4-14(11(18)13-10(6)17)9-3-7(16)8(5-15)19-9/h1-2,4,7-9,15-16H,3,5H2,(H,13,17,18)/b2-1+/t7-,8+,9-/m0/s1. The number of H-pyrrole nitrogens is 1. The molecule has 0 aliphatic carbocycles. The highest BCUT2D eigenvalue weighted by molar-refractivity contribution is 9.11. The zero-order valence-electron chi connectivity index (χ0n) is 9.82. The number of aliphatic hydroxyl groups excluding tert-OH is 2. The molecule has 0 saturated carbocycles. The summed E-state index contributed by atoms with van der Waals surface area (Å²) in [5.41, 5.74) is -0.844. The highest BCUT2D eigenvalue weighted by atomic mass is 79.9. The second-order valence-corrected chi connectivity index (χ2v) is 4.69. The monoisotopic (exact) mass is 332 g/mol. The lowest BCUT2D eigenvalue weighted by molar-refractivity contribution is -0.0459. The summed E-state index contributed by atoms with van der Waals surface area (Å²) in [6.07, 6.45) is 0.746. The first-order chi connectivity index (χ1) is 9.06. The van der Waals surface area contributed by atoms with Gasteiger partial charge in [0.2, 0.25) is 0 Å². The first kappa shape index (κ1) is 14.2. The Morgan fingerprint density at radius 3 is 2.89 bits per heavy atom. The maximum Gasteiger partial charge on any atom is 0.330 e. The normalized spacial score (nSPS) is 27.2. The van der Waals surface area contributed by atoms with Crippen LogP contribution in [-0.4, -0.2) is 38.6 Å². The van der Waals surface area contributed by atoms with Gasteiger partial charge < -0.3 is 14.9 Å². The zero-order chi connectivity index (χ0) is 14.0. The van der Waals surface area contributed by atoms with Gasteiger partial charge in [-0.2, -0.15) is 0 Å². The van der Waals surface area contributed by atoms with Gasteiger partial charge in [0.25, 0.3) is 5.56 Å². The minimum absolute atomic E-state index is 0.175. The Balaban J connectivity index is 2.38. The number of nitrogens with one attached hydrogen (secondary N) is 1. The topological polar surface area (TPSA) is 105 Å². The fourth-order valence-corrected chi connectivity index (χ4v) is 2.24. The number of hydrogen-bond donors (Lipinski definition) is 3. The molecule has 0 aromatic carbocycles. The predicted octanol–water partition coefficient (Wildman–Crippen LogP) is -0.457. The largest absolute Gasteiger partial charge is 0.394 e. The van der Waals surface area contributed by atoms with Crippen molar-refractivity contribution in [2.24, 2.45) is 0 Å². The summed E-state index contributed by atoms with van der Waals surface area (Å²) in [6, 6.07) is 0. The van der Waals surface area contributed by atoms with E-state index >= 15 is 0 Å². The summed E-state index contributed by atoms with van der Waals surface area (Å²) < 4.78 is 6.56. The van der Waals surface area contributed by atoms with Crippen LogP contribution >= 0.6 is 15.9 Å². The number of aromatic amines is 1. The molecular formula is C11H13BrN2O5. The van der Waals surface area contributed by atoms with Gasteiger partial charge in [0.1, 0.15) is 12.3 Å². The van der Waals surface area contributed by atoms with E-state index in [1.807, 2.05) is 0 Å². The minimum Gasteiger partial charge on any atom is -0.394 e. The highest BCUT2D eigenvalue weighted by Gasteiger charge is 2.35. The molecule has 8 heteroatoms. The van der Waals surface area contributed by atoms with Crippen molar-refractivity contribution in [1.29, 1.82) is 0 Å². The van der Waals surface area contributed by atoms with E-state index in [0.29, 0.717) is 0 Å². The molecule has 1 aliphatic heterocycles. The van der Waals surface area contributed by atoms with Crippen molar-refractivity contribution < 1.29 is 14.9 Å². The Morgan fingerprint density at radius 2 is 2.32 bits per heavy atom. The zero-order valence-corrected chi connectivity index (χ0v) is 11.4. The number of ether oxygens (including phenoxy) is 1. The molecular weight excluding hydrogens is 320 g/mol. The number of nitrogens with zero attached hydrogens (tertiary/aromatic N) is 1. The molecule has 1 fully saturated rings. The Bertz CT molecular complexity index is 593. The Labute approximate surface area is 116 Å². The van der Waals surface area contributed by atoms with Crippen molar-refractivity contribution in [2.75, 3.05) is 6.61 Å². The van der Waals surface area contributed by atoms with Gasteiger partial charge >= 0.3 is 5.69 Å². The van der Waals surface area contributed by atoms with Gasteiger partial charge in [0.05, 0.1) is 18.3 Å². The fourth-order valence-electron chi connectivity index (χ4n) is 1.95. The number of hydrogen-bond acceptors (Lipinski definition) is 5. The molecule has 0 bridgehead atoms. The van der Waals surface area contributed by atoms with Crippen LogP contribution < -0.4 is 11.2 Å². The van der Waals surface area contributed by atoms with E-state index in [4.69, 9.17) is 9.84 Å². The molecule has 19 heavy (non-hydrogen) atoms. The summed E-state index contributed by atoms with van der Waals surface area (Å²) in [5.74, 6) is 0. The van der Waals surface area contributed by atoms with Crippen LogP contribution in [0.1, 0.15) is 18.2 Å². The molecule has 1 aromatic rings. The van der Waals surface area contributed by atoms with Gasteiger partial charge in [-0.3, -0.25) is 14.3 Å². The third-order valence-electron chi connectivity index (χ3n) is 2.93. The van der Waals surface area contributed by atoms with Crippen molar-refractivity contribution in [3.63, 3.8) is 0 Å². The molecule has 104 valence electrons. The highest BCUT2D eigenvalue weighted by Crippen LogP contribution is 2.27. The molecule has 0 radical (unpaired) electrons. The van der Waals surface area contributed by atoms with Crippen LogP contribution in [0.5, 0.6) is 0 Å². The van der Waals surface area contributed by atoms with E-state index in [1.54, 1.807) is 0 Å². The number of aliphatic hydroxyl groups is 2. The van der Waals surface area contributed by atoms with Gasteiger partial charge in [-0.15, -0.1) is 0 Å². The molecule has 2 heterocycles. The smallest absolute Gasteiger partial charge is 0.330 e. The van der Waals surface area contributed by atoms with Gasteiger partial charge in [0.15, 0.2) is 0 Å². The SMILES string of the molecule is O=c1[nH]c(=O)n([C@@H]2C[C@H](O)[C@@H](CO)O2)cc1/C=C/Br. The van der Waals surface area contributed by atoms with Crippen molar-refractivity contribution in [1.82, 2.24) is 9.55 Å². The van der Waals surface area contributed by atoms with Crippen LogP contribution in [0.25, 0.3) is 6.08 Å².